The van der Waals surface area contributed by atoms with Gasteiger partial charge in [0.15, 0.2) is 0 Å². The minimum absolute atomic E-state index is 0.186. The highest BCUT2D eigenvalue weighted by Gasteiger charge is 2.34. The number of aliphatic hydroxyl groups is 1. The van der Waals surface area contributed by atoms with E-state index < -0.39 is 23.8 Å². The van der Waals surface area contributed by atoms with Crippen molar-refractivity contribution in [3.05, 3.63) is 59.3 Å². The SMILES string of the molecule is CCNC(=O)c1ccc(N2CC(O)CC2c2cc(F)ccc2F)nc1. The van der Waals surface area contributed by atoms with Crippen molar-refractivity contribution in [2.75, 3.05) is 18.0 Å². The first-order chi connectivity index (χ1) is 12.0. The molecule has 1 fully saturated rings. The molecule has 132 valence electrons. The van der Waals surface area contributed by atoms with Gasteiger partial charge in [0.25, 0.3) is 5.91 Å². The predicted molar refractivity (Wildman–Crippen MR) is 89.3 cm³/mol. The molecule has 7 heteroatoms. The number of anilines is 1. The normalized spacial score (nSPS) is 19.9. The second-order valence-corrected chi connectivity index (χ2v) is 5.99. The topological polar surface area (TPSA) is 65.5 Å². The average molecular weight is 347 g/mol. The standard InChI is InChI=1S/C18H19F2N3O2/c1-2-21-18(25)11-3-6-17(22-9-11)23-10-13(24)8-16(23)14-7-12(19)4-5-15(14)20/h3-7,9,13,16,24H,2,8,10H2,1H3,(H,21,25). The van der Waals surface area contributed by atoms with E-state index in [1.54, 1.807) is 17.0 Å². The Morgan fingerprint density at radius 1 is 1.36 bits per heavy atom. The molecule has 0 aliphatic carbocycles. The number of carbonyl (C=O) groups excluding carboxylic acids is 1. The van der Waals surface area contributed by atoms with Gasteiger partial charge >= 0.3 is 0 Å². The fourth-order valence-electron chi connectivity index (χ4n) is 3.08. The lowest BCUT2D eigenvalue weighted by atomic mass is 10.0. The van der Waals surface area contributed by atoms with Gasteiger partial charge in [-0.25, -0.2) is 13.8 Å². The maximum atomic E-state index is 14.1. The molecule has 3 rings (SSSR count). The van der Waals surface area contributed by atoms with Gasteiger partial charge in [0, 0.05) is 24.8 Å². The molecule has 1 amide bonds. The maximum Gasteiger partial charge on any atom is 0.252 e. The van der Waals surface area contributed by atoms with Gasteiger partial charge in [-0.2, -0.15) is 0 Å². The van der Waals surface area contributed by atoms with E-state index in [2.05, 4.69) is 10.3 Å². The van der Waals surface area contributed by atoms with E-state index in [0.29, 0.717) is 17.9 Å². The van der Waals surface area contributed by atoms with Crippen molar-refractivity contribution in [1.82, 2.24) is 10.3 Å². The quantitative estimate of drug-likeness (QED) is 0.892. The minimum atomic E-state index is -0.669. The molecule has 0 radical (unpaired) electrons. The number of benzene rings is 1. The predicted octanol–water partition coefficient (Wildman–Crippen LogP) is 2.42. The fourth-order valence-corrected chi connectivity index (χ4v) is 3.08. The molecule has 2 atom stereocenters. The summed E-state index contributed by atoms with van der Waals surface area (Å²) in [6.07, 6.45) is 1.04. The first kappa shape index (κ1) is 17.3. The second kappa shape index (κ2) is 7.14. The van der Waals surface area contributed by atoms with Gasteiger partial charge in [-0.05, 0) is 43.7 Å². The van der Waals surface area contributed by atoms with E-state index in [0.717, 1.165) is 18.2 Å². The lowest BCUT2D eigenvalue weighted by molar-refractivity contribution is 0.0955. The number of hydrogen-bond acceptors (Lipinski definition) is 4. The molecule has 25 heavy (non-hydrogen) atoms. The number of nitrogens with one attached hydrogen (secondary N) is 1. The van der Waals surface area contributed by atoms with E-state index in [1.807, 2.05) is 6.92 Å². The lowest BCUT2D eigenvalue weighted by Gasteiger charge is -2.26. The lowest BCUT2D eigenvalue weighted by Crippen LogP contribution is -2.26. The largest absolute Gasteiger partial charge is 0.391 e. The van der Waals surface area contributed by atoms with E-state index in [1.165, 1.54) is 6.20 Å². The molecule has 0 saturated carbocycles. The Kier molecular flexibility index (Phi) is 4.94. The van der Waals surface area contributed by atoms with Crippen LogP contribution in [-0.4, -0.2) is 35.2 Å². The highest BCUT2D eigenvalue weighted by molar-refractivity contribution is 5.94. The third-order valence-corrected chi connectivity index (χ3v) is 4.24. The van der Waals surface area contributed by atoms with Crippen molar-refractivity contribution in [3.63, 3.8) is 0 Å². The number of hydrogen-bond donors (Lipinski definition) is 2. The van der Waals surface area contributed by atoms with Gasteiger partial charge in [-0.3, -0.25) is 4.79 Å². The van der Waals surface area contributed by atoms with Gasteiger partial charge < -0.3 is 15.3 Å². The van der Waals surface area contributed by atoms with Gasteiger partial charge in [-0.1, -0.05) is 0 Å². The van der Waals surface area contributed by atoms with E-state index in [4.69, 9.17) is 0 Å². The summed E-state index contributed by atoms with van der Waals surface area (Å²) in [6.45, 7) is 2.59. The average Bonchev–Trinajstić information content (AvgIpc) is 2.99. The van der Waals surface area contributed by atoms with Crippen LogP contribution in [0, 0.1) is 11.6 Å². The zero-order valence-corrected chi connectivity index (χ0v) is 13.7. The number of pyridine rings is 1. The molecule has 1 aromatic carbocycles. The van der Waals surface area contributed by atoms with E-state index in [9.17, 15) is 18.7 Å². The number of carbonyl (C=O) groups is 1. The van der Waals surface area contributed by atoms with Crippen molar-refractivity contribution in [1.29, 1.82) is 0 Å². The van der Waals surface area contributed by atoms with Crippen LogP contribution in [-0.2, 0) is 0 Å². The van der Waals surface area contributed by atoms with E-state index >= 15 is 0 Å². The van der Waals surface area contributed by atoms with Gasteiger partial charge in [0.2, 0.25) is 0 Å². The maximum absolute atomic E-state index is 14.1. The fraction of sp³-hybridized carbons (Fsp3) is 0.333. The third kappa shape index (κ3) is 3.61. The van der Waals surface area contributed by atoms with Gasteiger partial charge in [0.05, 0.1) is 17.7 Å². The molecule has 2 unspecified atom stereocenters. The van der Waals surface area contributed by atoms with Crippen molar-refractivity contribution in [2.45, 2.75) is 25.5 Å². The summed E-state index contributed by atoms with van der Waals surface area (Å²) in [4.78, 5) is 17.8. The van der Waals surface area contributed by atoms with Crippen molar-refractivity contribution >= 4 is 11.7 Å². The van der Waals surface area contributed by atoms with Gasteiger partial charge in [-0.15, -0.1) is 0 Å². The van der Waals surface area contributed by atoms with Crippen LogP contribution >= 0.6 is 0 Å². The first-order valence-electron chi connectivity index (χ1n) is 8.13. The zero-order valence-electron chi connectivity index (χ0n) is 13.7. The van der Waals surface area contributed by atoms with Crippen LogP contribution in [0.2, 0.25) is 0 Å². The molecule has 1 aliphatic rings. The molecule has 2 N–H and O–H groups in total. The number of rotatable bonds is 4. The molecular formula is C18H19F2N3O2. The van der Waals surface area contributed by atoms with Gasteiger partial charge in [0.1, 0.15) is 17.5 Å². The highest BCUT2D eigenvalue weighted by atomic mass is 19.1. The molecule has 0 spiro atoms. The van der Waals surface area contributed by atoms with Crippen molar-refractivity contribution in [2.24, 2.45) is 0 Å². The first-order valence-corrected chi connectivity index (χ1v) is 8.13. The van der Waals surface area contributed by atoms with Crippen LogP contribution in [0.25, 0.3) is 0 Å². The smallest absolute Gasteiger partial charge is 0.252 e. The number of amides is 1. The summed E-state index contributed by atoms with van der Waals surface area (Å²) >= 11 is 0. The Hall–Kier alpha value is -2.54. The Morgan fingerprint density at radius 3 is 2.84 bits per heavy atom. The summed E-state index contributed by atoms with van der Waals surface area (Å²) in [5.74, 6) is -0.782. The summed E-state index contributed by atoms with van der Waals surface area (Å²) in [7, 11) is 0. The Morgan fingerprint density at radius 2 is 2.16 bits per heavy atom. The number of β-amino-alcohol motifs (C(OH)–C–C–N with tert-alkyl or cyclic N) is 1. The van der Waals surface area contributed by atoms with Crippen LogP contribution in [0.15, 0.2) is 36.5 Å². The number of aromatic nitrogens is 1. The molecule has 2 aromatic rings. The Balaban J connectivity index is 1.89. The summed E-state index contributed by atoms with van der Waals surface area (Å²) in [5, 5.41) is 12.7. The monoisotopic (exact) mass is 347 g/mol. The molecule has 2 heterocycles. The number of aliphatic hydroxyl groups excluding tert-OH is 1. The second-order valence-electron chi connectivity index (χ2n) is 5.99. The van der Waals surface area contributed by atoms with Crippen molar-refractivity contribution < 1.29 is 18.7 Å². The summed E-state index contributed by atoms with van der Waals surface area (Å²) in [6, 6.07) is 6.04. The Bertz CT molecular complexity index is 767. The third-order valence-electron chi connectivity index (χ3n) is 4.24. The van der Waals surface area contributed by atoms with Crippen LogP contribution in [0.3, 0.4) is 0 Å². The van der Waals surface area contributed by atoms with Crippen LogP contribution in [0.1, 0.15) is 35.3 Å². The summed E-state index contributed by atoms with van der Waals surface area (Å²) in [5.41, 5.74) is 0.602. The zero-order chi connectivity index (χ0) is 18.0. The van der Waals surface area contributed by atoms with E-state index in [-0.39, 0.29) is 24.4 Å². The Labute approximate surface area is 144 Å². The number of halogens is 2. The molecule has 1 aliphatic heterocycles. The highest BCUT2D eigenvalue weighted by Crippen LogP contribution is 2.36. The molecule has 1 aromatic heterocycles. The summed E-state index contributed by atoms with van der Waals surface area (Å²) < 4.78 is 27.7. The van der Waals surface area contributed by atoms with Crippen LogP contribution < -0.4 is 10.2 Å². The van der Waals surface area contributed by atoms with Crippen LogP contribution in [0.4, 0.5) is 14.6 Å². The number of nitrogens with zero attached hydrogens (tertiary/aromatic N) is 2. The van der Waals surface area contributed by atoms with Crippen molar-refractivity contribution in [3.8, 4) is 0 Å². The molecule has 5 nitrogen and oxygen atoms in total. The minimum Gasteiger partial charge on any atom is -0.391 e. The van der Waals surface area contributed by atoms with Crippen LogP contribution in [0.5, 0.6) is 0 Å². The molecule has 0 bridgehead atoms. The molecule has 1 saturated heterocycles. The molecular weight excluding hydrogens is 328 g/mol.